The van der Waals surface area contributed by atoms with Gasteiger partial charge in [0, 0.05) is 36.0 Å². The van der Waals surface area contributed by atoms with Crippen molar-refractivity contribution in [3.63, 3.8) is 0 Å². The minimum absolute atomic E-state index is 0.0496. The maximum atomic E-state index is 12.3. The molecule has 0 amide bonds. The summed E-state index contributed by atoms with van der Waals surface area (Å²) in [7, 11) is 6.22. The molecule has 32 heavy (non-hydrogen) atoms. The molecule has 0 aliphatic carbocycles. The number of methoxy groups -OCH3 is 4. The molecule has 0 N–H and O–H groups in total. The lowest BCUT2D eigenvalue weighted by atomic mass is 9.97. The first-order chi connectivity index (χ1) is 15.6. The van der Waals surface area contributed by atoms with Crippen LogP contribution in [0.1, 0.15) is 18.4 Å². The molecule has 0 aliphatic rings. The highest BCUT2D eigenvalue weighted by Crippen LogP contribution is 2.43. The molecule has 0 spiro atoms. The molecule has 0 saturated heterocycles. The second-order valence-corrected chi connectivity index (χ2v) is 6.93. The predicted octanol–water partition coefficient (Wildman–Crippen LogP) is 4.57. The van der Waals surface area contributed by atoms with Gasteiger partial charge in [-0.05, 0) is 29.8 Å². The molecule has 7 heteroatoms. The van der Waals surface area contributed by atoms with E-state index < -0.39 is 0 Å². The first kappa shape index (κ1) is 22.8. The second-order valence-electron chi connectivity index (χ2n) is 6.93. The molecule has 0 saturated carbocycles. The van der Waals surface area contributed by atoms with Gasteiger partial charge >= 0.3 is 0 Å². The van der Waals surface area contributed by atoms with E-state index in [1.54, 1.807) is 46.8 Å². The highest BCUT2D eigenvalue weighted by molar-refractivity contribution is 5.84. The van der Waals surface area contributed by atoms with Crippen LogP contribution in [-0.2, 0) is 11.2 Å². The van der Waals surface area contributed by atoms with E-state index in [1.807, 2.05) is 18.2 Å². The Kier molecular flexibility index (Phi) is 7.40. The Morgan fingerprint density at radius 1 is 0.969 bits per heavy atom. The van der Waals surface area contributed by atoms with Gasteiger partial charge in [0.2, 0.25) is 5.75 Å². The van der Waals surface area contributed by atoms with E-state index in [9.17, 15) is 4.79 Å². The van der Waals surface area contributed by atoms with Crippen molar-refractivity contribution in [1.82, 2.24) is 5.16 Å². The number of hydrogen-bond donors (Lipinski definition) is 0. The van der Waals surface area contributed by atoms with Crippen LogP contribution >= 0.6 is 0 Å². The molecule has 0 bridgehead atoms. The maximum absolute atomic E-state index is 12.3. The maximum Gasteiger partial charge on any atom is 0.203 e. The Morgan fingerprint density at radius 3 is 2.25 bits per heavy atom. The molecule has 0 unspecified atom stereocenters. The molecule has 3 rings (SSSR count). The zero-order valence-corrected chi connectivity index (χ0v) is 18.6. The summed E-state index contributed by atoms with van der Waals surface area (Å²) in [4.78, 5) is 12.3. The summed E-state index contributed by atoms with van der Waals surface area (Å²) in [6.45, 7) is 0. The zero-order chi connectivity index (χ0) is 23.1. The number of carbonyl (C=O) groups is 1. The Balaban J connectivity index is 2.04. The highest BCUT2D eigenvalue weighted by Gasteiger charge is 2.20. The van der Waals surface area contributed by atoms with Crippen molar-refractivity contribution in [3.8, 4) is 57.8 Å². The molecule has 166 valence electrons. The van der Waals surface area contributed by atoms with Gasteiger partial charge in [0.15, 0.2) is 17.3 Å². The van der Waals surface area contributed by atoms with Gasteiger partial charge in [0.25, 0.3) is 0 Å². The Bertz CT molecular complexity index is 1120. The first-order valence-electron chi connectivity index (χ1n) is 9.93. The lowest BCUT2D eigenvalue weighted by Gasteiger charge is -2.14. The second kappa shape index (κ2) is 10.4. The van der Waals surface area contributed by atoms with Crippen LogP contribution < -0.4 is 18.9 Å². The van der Waals surface area contributed by atoms with Crippen molar-refractivity contribution in [2.24, 2.45) is 0 Å². The van der Waals surface area contributed by atoms with Gasteiger partial charge in [0.1, 0.15) is 11.5 Å². The zero-order valence-electron chi connectivity index (χ0n) is 18.6. The number of ether oxygens (including phenoxy) is 4. The average Bonchev–Trinajstić information content (AvgIpc) is 3.31. The molecule has 0 atom stereocenters. The number of nitrogens with zero attached hydrogens (tertiary/aromatic N) is 1. The third-order valence-electron chi connectivity index (χ3n) is 5.02. The van der Waals surface area contributed by atoms with Crippen LogP contribution in [0.5, 0.6) is 23.0 Å². The average molecular weight is 435 g/mol. The summed E-state index contributed by atoms with van der Waals surface area (Å²) < 4.78 is 27.3. The Labute approximate surface area is 187 Å². The number of carbonyl (C=O) groups excluding carboxylic acids is 1. The van der Waals surface area contributed by atoms with Crippen molar-refractivity contribution >= 4 is 5.78 Å². The number of terminal acetylenes is 1. The van der Waals surface area contributed by atoms with E-state index in [4.69, 9.17) is 29.9 Å². The summed E-state index contributed by atoms with van der Waals surface area (Å²) in [5, 5.41) is 3.99. The van der Waals surface area contributed by atoms with Crippen molar-refractivity contribution in [1.29, 1.82) is 0 Å². The molecule has 3 aromatic rings. The van der Waals surface area contributed by atoms with Crippen LogP contribution in [0.15, 0.2) is 41.1 Å². The molecular formula is C25H25NO6. The monoisotopic (exact) mass is 435 g/mol. The minimum Gasteiger partial charge on any atom is -0.496 e. The lowest BCUT2D eigenvalue weighted by Crippen LogP contribution is -2.04. The smallest absolute Gasteiger partial charge is 0.203 e. The molecular weight excluding hydrogens is 410 g/mol. The van der Waals surface area contributed by atoms with E-state index >= 15 is 0 Å². The lowest BCUT2D eigenvalue weighted by molar-refractivity contribution is -0.118. The van der Waals surface area contributed by atoms with Gasteiger partial charge in [-0.25, -0.2) is 0 Å². The predicted molar refractivity (Wildman–Crippen MR) is 120 cm³/mol. The fourth-order valence-electron chi connectivity index (χ4n) is 3.46. The van der Waals surface area contributed by atoms with Crippen molar-refractivity contribution < 1.29 is 28.3 Å². The van der Waals surface area contributed by atoms with Gasteiger partial charge in [0.05, 0.1) is 34.6 Å². The molecule has 2 aromatic carbocycles. The third-order valence-corrected chi connectivity index (χ3v) is 5.02. The summed E-state index contributed by atoms with van der Waals surface area (Å²) in [5.74, 6) is 5.19. The number of benzene rings is 2. The summed E-state index contributed by atoms with van der Waals surface area (Å²) in [6, 6.07) is 9.20. The topological polar surface area (TPSA) is 80.0 Å². The van der Waals surface area contributed by atoms with E-state index in [1.165, 1.54) is 0 Å². The largest absolute Gasteiger partial charge is 0.496 e. The summed E-state index contributed by atoms with van der Waals surface area (Å²) in [6.07, 6.45) is 7.87. The molecule has 1 heterocycles. The van der Waals surface area contributed by atoms with Gasteiger partial charge in [-0.15, -0.1) is 12.3 Å². The number of hydrogen-bond acceptors (Lipinski definition) is 7. The van der Waals surface area contributed by atoms with Crippen molar-refractivity contribution in [2.75, 3.05) is 28.4 Å². The Hall–Kier alpha value is -3.92. The van der Waals surface area contributed by atoms with E-state index in [0.29, 0.717) is 47.2 Å². The third kappa shape index (κ3) is 4.70. The quantitative estimate of drug-likeness (QED) is 0.432. The molecule has 0 aliphatic heterocycles. The van der Waals surface area contributed by atoms with Crippen LogP contribution in [0.25, 0.3) is 22.5 Å². The SMILES string of the molecule is C#CCCC(=O)Cc1cc(-c2cnoc2-c2cc(OC)c(OC)c(OC)c2)ccc1OC. The molecule has 1 aromatic heterocycles. The van der Waals surface area contributed by atoms with Crippen LogP contribution in [0, 0.1) is 12.3 Å². The van der Waals surface area contributed by atoms with Crippen molar-refractivity contribution in [3.05, 3.63) is 42.1 Å². The van der Waals surface area contributed by atoms with Crippen molar-refractivity contribution in [2.45, 2.75) is 19.3 Å². The standard InChI is InChI=1S/C25H25NO6/c1-6-7-8-19(27)12-17-11-16(9-10-21(17)28-2)20-15-26-32-24(20)18-13-22(29-3)25(31-5)23(14-18)30-4/h1,9-11,13-15H,7-8,12H2,2-5H3. The normalized spacial score (nSPS) is 10.3. The minimum atomic E-state index is 0.0496. The molecule has 7 nitrogen and oxygen atoms in total. The fraction of sp³-hybridized carbons (Fsp3) is 0.280. The summed E-state index contributed by atoms with van der Waals surface area (Å²) in [5.41, 5.74) is 3.05. The Morgan fingerprint density at radius 2 is 1.66 bits per heavy atom. The number of Topliss-reactive ketones (excluding diaryl/α,β-unsaturated/α-hetero) is 1. The van der Waals surface area contributed by atoms with Gasteiger partial charge in [-0.3, -0.25) is 4.79 Å². The van der Waals surface area contributed by atoms with Gasteiger partial charge in [-0.1, -0.05) is 11.2 Å². The molecule has 0 fully saturated rings. The van der Waals surface area contributed by atoms with Crippen LogP contribution in [0.2, 0.25) is 0 Å². The van der Waals surface area contributed by atoms with Crippen LogP contribution in [0.4, 0.5) is 0 Å². The van der Waals surface area contributed by atoms with E-state index in [0.717, 1.165) is 16.7 Å². The van der Waals surface area contributed by atoms with Crippen LogP contribution in [-0.4, -0.2) is 39.4 Å². The van der Waals surface area contributed by atoms with Gasteiger partial charge in [-0.2, -0.15) is 0 Å². The number of aromatic nitrogens is 1. The van der Waals surface area contributed by atoms with E-state index in [-0.39, 0.29) is 12.2 Å². The van der Waals surface area contributed by atoms with Gasteiger partial charge < -0.3 is 23.5 Å². The fourth-order valence-corrected chi connectivity index (χ4v) is 3.46. The number of ketones is 1. The van der Waals surface area contributed by atoms with Crippen LogP contribution in [0.3, 0.4) is 0 Å². The van der Waals surface area contributed by atoms with E-state index in [2.05, 4.69) is 11.1 Å². The highest BCUT2D eigenvalue weighted by atomic mass is 16.5. The first-order valence-corrected chi connectivity index (χ1v) is 9.93. The number of rotatable bonds is 10. The molecule has 0 radical (unpaired) electrons. The summed E-state index contributed by atoms with van der Waals surface area (Å²) >= 11 is 0.